The molecule has 0 unspecified atom stereocenters. The van der Waals surface area contributed by atoms with Crippen LogP contribution in [0.1, 0.15) is 11.7 Å². The van der Waals surface area contributed by atoms with Gasteiger partial charge in [0.1, 0.15) is 0 Å². The Morgan fingerprint density at radius 3 is 2.69 bits per heavy atom. The molecule has 1 atom stereocenters. The van der Waals surface area contributed by atoms with E-state index in [1.54, 1.807) is 12.1 Å². The normalized spacial score (nSPS) is 21.9. The molecule has 0 N–H and O–H groups in total. The van der Waals surface area contributed by atoms with Crippen molar-refractivity contribution >= 4 is 5.69 Å². The van der Waals surface area contributed by atoms with E-state index in [-0.39, 0.29) is 11.8 Å². The maximum absolute atomic E-state index is 10.5. The zero-order valence-corrected chi connectivity index (χ0v) is 9.13. The summed E-state index contributed by atoms with van der Waals surface area (Å²) in [6.07, 6.45) is 0.0274. The molecule has 0 radical (unpaired) electrons. The smallest absolute Gasteiger partial charge is 0.269 e. The number of rotatable bonds is 2. The lowest BCUT2D eigenvalue weighted by molar-refractivity contribution is -0.384. The van der Waals surface area contributed by atoms with Crippen LogP contribution < -0.4 is 0 Å². The topological polar surface area (TPSA) is 55.6 Å². The molecule has 5 heteroatoms. The molecule has 1 aliphatic rings. The van der Waals surface area contributed by atoms with Gasteiger partial charge < -0.3 is 9.64 Å². The molecule has 0 aliphatic carbocycles. The van der Waals surface area contributed by atoms with E-state index in [0.29, 0.717) is 6.61 Å². The Labute approximate surface area is 93.8 Å². The van der Waals surface area contributed by atoms with E-state index in [1.807, 2.05) is 7.05 Å². The summed E-state index contributed by atoms with van der Waals surface area (Å²) in [7, 11) is 2.04. The zero-order chi connectivity index (χ0) is 11.5. The predicted octanol–water partition coefficient (Wildman–Crippen LogP) is 1.60. The minimum Gasteiger partial charge on any atom is -0.371 e. The SMILES string of the molecule is CN1CCO[C@H](c2ccc([N+](=O)[O-])cc2)C1. The number of nitrogens with zero attached hydrogens (tertiary/aromatic N) is 2. The van der Waals surface area contributed by atoms with Gasteiger partial charge in [-0.15, -0.1) is 0 Å². The quantitative estimate of drug-likeness (QED) is 0.563. The van der Waals surface area contributed by atoms with Crippen LogP contribution in [-0.2, 0) is 4.74 Å². The Bertz CT molecular complexity index is 377. The monoisotopic (exact) mass is 222 g/mol. The molecule has 0 spiro atoms. The lowest BCUT2D eigenvalue weighted by Crippen LogP contribution is -2.35. The lowest BCUT2D eigenvalue weighted by atomic mass is 10.1. The largest absolute Gasteiger partial charge is 0.371 e. The lowest BCUT2D eigenvalue weighted by Gasteiger charge is -2.30. The second-order valence-electron chi connectivity index (χ2n) is 3.97. The van der Waals surface area contributed by atoms with Crippen molar-refractivity contribution in [3.8, 4) is 0 Å². The predicted molar refractivity (Wildman–Crippen MR) is 59.3 cm³/mol. The highest BCUT2D eigenvalue weighted by Gasteiger charge is 2.19. The summed E-state index contributed by atoms with van der Waals surface area (Å²) in [6.45, 7) is 2.47. The molecule has 1 aliphatic heterocycles. The van der Waals surface area contributed by atoms with Crippen molar-refractivity contribution in [1.82, 2.24) is 4.90 Å². The minimum atomic E-state index is -0.391. The van der Waals surface area contributed by atoms with Crippen LogP contribution >= 0.6 is 0 Å². The van der Waals surface area contributed by atoms with E-state index in [0.717, 1.165) is 18.7 Å². The average Bonchev–Trinajstić information content (AvgIpc) is 2.29. The number of nitro groups is 1. The second-order valence-corrected chi connectivity index (χ2v) is 3.97. The highest BCUT2D eigenvalue weighted by atomic mass is 16.6. The van der Waals surface area contributed by atoms with Gasteiger partial charge in [-0.3, -0.25) is 10.1 Å². The number of likely N-dealkylation sites (N-methyl/N-ethyl adjacent to an activating group) is 1. The molecular weight excluding hydrogens is 208 g/mol. The number of benzene rings is 1. The number of nitro benzene ring substituents is 1. The second kappa shape index (κ2) is 4.59. The molecule has 5 nitrogen and oxygen atoms in total. The number of hydrogen-bond donors (Lipinski definition) is 0. The number of non-ortho nitro benzene ring substituents is 1. The molecular formula is C11H14N2O3. The molecule has 16 heavy (non-hydrogen) atoms. The fourth-order valence-corrected chi connectivity index (χ4v) is 1.79. The van der Waals surface area contributed by atoms with Crippen molar-refractivity contribution in [2.75, 3.05) is 26.7 Å². The van der Waals surface area contributed by atoms with E-state index in [2.05, 4.69) is 4.90 Å². The highest BCUT2D eigenvalue weighted by Crippen LogP contribution is 2.23. The fourth-order valence-electron chi connectivity index (χ4n) is 1.79. The van der Waals surface area contributed by atoms with Gasteiger partial charge >= 0.3 is 0 Å². The van der Waals surface area contributed by atoms with Gasteiger partial charge in [0.25, 0.3) is 5.69 Å². The molecule has 1 fully saturated rings. The van der Waals surface area contributed by atoms with Crippen molar-refractivity contribution in [2.45, 2.75) is 6.10 Å². The summed E-state index contributed by atoms with van der Waals surface area (Å²) in [6, 6.07) is 6.57. The van der Waals surface area contributed by atoms with E-state index >= 15 is 0 Å². The van der Waals surface area contributed by atoms with E-state index in [1.165, 1.54) is 12.1 Å². The van der Waals surface area contributed by atoms with Crippen molar-refractivity contribution in [3.63, 3.8) is 0 Å². The summed E-state index contributed by atoms with van der Waals surface area (Å²) >= 11 is 0. The average molecular weight is 222 g/mol. The number of ether oxygens (including phenoxy) is 1. The zero-order valence-electron chi connectivity index (χ0n) is 9.13. The number of morpholine rings is 1. The maximum atomic E-state index is 10.5. The van der Waals surface area contributed by atoms with Gasteiger partial charge in [-0.1, -0.05) is 0 Å². The van der Waals surface area contributed by atoms with Crippen LogP contribution in [-0.4, -0.2) is 36.6 Å². The molecule has 0 saturated carbocycles. The maximum Gasteiger partial charge on any atom is 0.269 e. The van der Waals surface area contributed by atoms with Crippen molar-refractivity contribution in [1.29, 1.82) is 0 Å². The minimum absolute atomic E-state index is 0.0274. The molecule has 2 rings (SSSR count). The van der Waals surface area contributed by atoms with Crippen LogP contribution in [0.3, 0.4) is 0 Å². The molecule has 86 valence electrons. The van der Waals surface area contributed by atoms with Gasteiger partial charge in [0, 0.05) is 25.2 Å². The fraction of sp³-hybridized carbons (Fsp3) is 0.455. The molecule has 1 aromatic carbocycles. The van der Waals surface area contributed by atoms with Gasteiger partial charge in [-0.2, -0.15) is 0 Å². The van der Waals surface area contributed by atoms with Crippen molar-refractivity contribution < 1.29 is 9.66 Å². The van der Waals surface area contributed by atoms with Crippen LogP contribution in [0.15, 0.2) is 24.3 Å². The standard InChI is InChI=1S/C11H14N2O3/c1-12-6-7-16-11(8-12)9-2-4-10(5-3-9)13(14)15/h2-5,11H,6-8H2,1H3/t11-/m0/s1. The van der Waals surface area contributed by atoms with Gasteiger partial charge in [-0.05, 0) is 24.7 Å². The van der Waals surface area contributed by atoms with Crippen LogP contribution in [0.5, 0.6) is 0 Å². The summed E-state index contributed by atoms with van der Waals surface area (Å²) in [5.74, 6) is 0. The van der Waals surface area contributed by atoms with E-state index in [9.17, 15) is 10.1 Å². The summed E-state index contributed by atoms with van der Waals surface area (Å²) in [4.78, 5) is 12.3. The Kier molecular flexibility index (Phi) is 3.17. The Morgan fingerprint density at radius 2 is 2.12 bits per heavy atom. The first kappa shape index (κ1) is 11.0. The molecule has 0 aromatic heterocycles. The third-order valence-electron chi connectivity index (χ3n) is 2.75. The molecule has 0 bridgehead atoms. The van der Waals surface area contributed by atoms with E-state index in [4.69, 9.17) is 4.74 Å². The summed E-state index contributed by atoms with van der Waals surface area (Å²) in [5, 5.41) is 10.5. The van der Waals surface area contributed by atoms with E-state index < -0.39 is 4.92 Å². The van der Waals surface area contributed by atoms with Crippen molar-refractivity contribution in [2.24, 2.45) is 0 Å². The van der Waals surface area contributed by atoms with Gasteiger partial charge in [0.05, 0.1) is 17.6 Å². The van der Waals surface area contributed by atoms with Crippen molar-refractivity contribution in [3.05, 3.63) is 39.9 Å². The molecule has 1 saturated heterocycles. The van der Waals surface area contributed by atoms with Crippen LogP contribution in [0, 0.1) is 10.1 Å². The Hall–Kier alpha value is -1.46. The third-order valence-corrected chi connectivity index (χ3v) is 2.75. The van der Waals surface area contributed by atoms with Crippen LogP contribution in [0.2, 0.25) is 0 Å². The first-order valence-electron chi connectivity index (χ1n) is 5.21. The van der Waals surface area contributed by atoms with Crippen LogP contribution in [0.4, 0.5) is 5.69 Å². The summed E-state index contributed by atoms with van der Waals surface area (Å²) < 4.78 is 5.62. The third kappa shape index (κ3) is 2.37. The molecule has 1 heterocycles. The number of hydrogen-bond acceptors (Lipinski definition) is 4. The Morgan fingerprint density at radius 1 is 1.44 bits per heavy atom. The van der Waals surface area contributed by atoms with Gasteiger partial charge in [0.15, 0.2) is 0 Å². The molecule has 0 amide bonds. The summed E-state index contributed by atoms with van der Waals surface area (Å²) in [5.41, 5.74) is 1.12. The van der Waals surface area contributed by atoms with Gasteiger partial charge in [0.2, 0.25) is 0 Å². The Balaban J connectivity index is 2.11. The first-order chi connectivity index (χ1) is 7.66. The van der Waals surface area contributed by atoms with Crippen LogP contribution in [0.25, 0.3) is 0 Å². The first-order valence-corrected chi connectivity index (χ1v) is 5.21. The highest BCUT2D eigenvalue weighted by molar-refractivity contribution is 5.34. The van der Waals surface area contributed by atoms with Gasteiger partial charge in [-0.25, -0.2) is 0 Å². The molecule has 1 aromatic rings.